The van der Waals surface area contributed by atoms with Crippen molar-refractivity contribution in [1.82, 2.24) is 4.90 Å². The Balaban J connectivity index is 1.30. The third-order valence-corrected chi connectivity index (χ3v) is 7.48. The number of hydrogen-bond acceptors (Lipinski definition) is 5. The average molecular weight is 458 g/mol. The highest BCUT2D eigenvalue weighted by Gasteiger charge is 2.67. The number of carbonyl (C=O) groups is 1. The van der Waals surface area contributed by atoms with E-state index in [1.54, 1.807) is 6.07 Å². The largest absolute Gasteiger partial charge is 0.492 e. The van der Waals surface area contributed by atoms with Crippen LogP contribution in [-0.2, 0) is 26.7 Å². The maximum Gasteiger partial charge on any atom is 0.229 e. The van der Waals surface area contributed by atoms with E-state index in [1.807, 2.05) is 36.4 Å². The Bertz CT molecular complexity index is 1070. The molecule has 0 radical (unpaired) electrons. The molecule has 172 valence electrons. The van der Waals surface area contributed by atoms with E-state index in [-0.39, 0.29) is 17.7 Å². The minimum Gasteiger partial charge on any atom is -0.492 e. The van der Waals surface area contributed by atoms with Crippen LogP contribution in [0.1, 0.15) is 24.5 Å². The summed E-state index contributed by atoms with van der Waals surface area (Å²) in [4.78, 5) is 13.4. The molecule has 0 bridgehead atoms. The van der Waals surface area contributed by atoms with E-state index < -0.39 is 10.0 Å². The summed E-state index contributed by atoms with van der Waals surface area (Å²) < 4.78 is 31.7. The van der Waals surface area contributed by atoms with Crippen LogP contribution in [-0.4, -0.2) is 51.7 Å². The molecule has 2 atom stereocenters. The van der Waals surface area contributed by atoms with Gasteiger partial charge < -0.3 is 10.5 Å². The van der Waals surface area contributed by atoms with Crippen molar-refractivity contribution in [3.05, 3.63) is 59.7 Å². The van der Waals surface area contributed by atoms with E-state index in [0.29, 0.717) is 24.1 Å². The van der Waals surface area contributed by atoms with Crippen molar-refractivity contribution in [2.75, 3.05) is 37.2 Å². The van der Waals surface area contributed by atoms with Crippen molar-refractivity contribution < 1.29 is 17.9 Å². The number of likely N-dealkylation sites (tertiary alicyclic amines) is 1. The van der Waals surface area contributed by atoms with E-state index in [1.165, 1.54) is 11.8 Å². The average Bonchev–Trinajstić information content (AvgIpc) is 3.10. The summed E-state index contributed by atoms with van der Waals surface area (Å²) in [6, 6.07) is 15.4. The monoisotopic (exact) mass is 457 g/mol. The fraction of sp³-hybridized carbons (Fsp3) is 0.458. The lowest BCUT2D eigenvalue weighted by molar-refractivity contribution is -0.117. The molecule has 3 N–H and O–H groups in total. The van der Waals surface area contributed by atoms with E-state index >= 15 is 0 Å². The molecule has 1 heterocycles. The third kappa shape index (κ3) is 4.76. The van der Waals surface area contributed by atoms with Gasteiger partial charge in [0.05, 0.1) is 12.7 Å². The Kier molecular flexibility index (Phi) is 6.18. The first-order valence-electron chi connectivity index (χ1n) is 11.0. The Labute approximate surface area is 190 Å². The quantitative estimate of drug-likeness (QED) is 0.570. The maximum absolute atomic E-state index is 11.6. The molecule has 0 aromatic heterocycles. The molecule has 8 heteroatoms. The van der Waals surface area contributed by atoms with Gasteiger partial charge in [0.15, 0.2) is 0 Å². The molecule has 32 heavy (non-hydrogen) atoms. The number of amides is 1. The number of anilines is 1. The van der Waals surface area contributed by atoms with Gasteiger partial charge in [-0.1, -0.05) is 31.2 Å². The van der Waals surface area contributed by atoms with Crippen LogP contribution in [0.4, 0.5) is 5.69 Å². The van der Waals surface area contributed by atoms with E-state index in [0.717, 1.165) is 37.4 Å². The molecule has 1 saturated carbocycles. The number of piperidine rings is 1. The zero-order chi connectivity index (χ0) is 22.9. The first-order chi connectivity index (χ1) is 15.2. The molecule has 2 fully saturated rings. The number of nitrogens with zero attached hydrogens (tertiary/aromatic N) is 1. The SMILES string of the molecule is CCC1(c2cccc(NS(C)(=O)=O)c2)C2CN(CCOc3ccc(CC(N)=O)cc3)CC21. The molecule has 4 rings (SSSR count). The number of nitrogens with one attached hydrogen (secondary N) is 1. The van der Waals surface area contributed by atoms with Gasteiger partial charge >= 0.3 is 0 Å². The van der Waals surface area contributed by atoms with Crippen LogP contribution in [0.5, 0.6) is 5.75 Å². The van der Waals surface area contributed by atoms with Crippen LogP contribution in [0.2, 0.25) is 0 Å². The predicted octanol–water partition coefficient (Wildman–Crippen LogP) is 2.37. The number of primary amides is 1. The van der Waals surface area contributed by atoms with Crippen molar-refractivity contribution in [3.63, 3.8) is 0 Å². The van der Waals surface area contributed by atoms with Gasteiger partial charge in [-0.15, -0.1) is 0 Å². The van der Waals surface area contributed by atoms with E-state index in [9.17, 15) is 13.2 Å². The molecule has 7 nitrogen and oxygen atoms in total. The molecule has 1 saturated heterocycles. The topological polar surface area (TPSA) is 102 Å². The second-order valence-corrected chi connectivity index (χ2v) is 10.7. The molecule has 2 unspecified atom stereocenters. The van der Waals surface area contributed by atoms with Gasteiger partial charge in [-0.05, 0) is 53.6 Å². The zero-order valence-corrected chi connectivity index (χ0v) is 19.4. The lowest BCUT2D eigenvalue weighted by atomic mass is 9.87. The normalized spacial score (nSPS) is 24.7. The third-order valence-electron chi connectivity index (χ3n) is 6.88. The Hall–Kier alpha value is -2.58. The molecule has 1 aliphatic carbocycles. The second-order valence-electron chi connectivity index (χ2n) is 8.96. The first kappa shape index (κ1) is 22.6. The number of hydrogen-bond donors (Lipinski definition) is 2. The van der Waals surface area contributed by atoms with Crippen LogP contribution < -0.4 is 15.2 Å². The molecule has 2 aromatic rings. The summed E-state index contributed by atoms with van der Waals surface area (Å²) in [5.41, 5.74) is 8.12. The highest BCUT2D eigenvalue weighted by molar-refractivity contribution is 7.92. The Morgan fingerprint density at radius 2 is 1.88 bits per heavy atom. The molecular weight excluding hydrogens is 426 g/mol. The second kappa shape index (κ2) is 8.75. The van der Waals surface area contributed by atoms with Crippen molar-refractivity contribution in [2.24, 2.45) is 17.6 Å². The Morgan fingerprint density at radius 3 is 2.47 bits per heavy atom. The van der Waals surface area contributed by atoms with Crippen LogP contribution in [0.25, 0.3) is 0 Å². The molecule has 1 amide bonds. The predicted molar refractivity (Wildman–Crippen MR) is 125 cm³/mol. The summed E-state index contributed by atoms with van der Waals surface area (Å²) in [6.07, 6.45) is 2.46. The fourth-order valence-electron chi connectivity index (χ4n) is 5.44. The number of carbonyl (C=O) groups excluding carboxylic acids is 1. The summed E-state index contributed by atoms with van der Waals surface area (Å²) in [7, 11) is -3.29. The zero-order valence-electron chi connectivity index (χ0n) is 18.6. The first-order valence-corrected chi connectivity index (χ1v) is 12.9. The summed E-state index contributed by atoms with van der Waals surface area (Å²) in [5.74, 6) is 1.64. The molecule has 1 aliphatic heterocycles. The fourth-order valence-corrected chi connectivity index (χ4v) is 5.99. The minimum absolute atomic E-state index is 0.142. The van der Waals surface area contributed by atoms with E-state index in [4.69, 9.17) is 10.5 Å². The van der Waals surface area contributed by atoms with Crippen molar-refractivity contribution in [1.29, 1.82) is 0 Å². The molecular formula is C24H31N3O4S. The number of sulfonamides is 1. The number of ether oxygens (including phenoxy) is 1. The van der Waals surface area contributed by atoms with Crippen molar-refractivity contribution in [3.8, 4) is 5.75 Å². The van der Waals surface area contributed by atoms with Gasteiger partial charge in [0.25, 0.3) is 0 Å². The maximum atomic E-state index is 11.6. The van der Waals surface area contributed by atoms with Crippen molar-refractivity contribution in [2.45, 2.75) is 25.2 Å². The molecule has 2 aliphatic rings. The van der Waals surface area contributed by atoms with Crippen molar-refractivity contribution >= 4 is 21.6 Å². The van der Waals surface area contributed by atoms with E-state index in [2.05, 4.69) is 22.6 Å². The van der Waals surface area contributed by atoms with Crippen LogP contribution >= 0.6 is 0 Å². The highest BCUT2D eigenvalue weighted by Crippen LogP contribution is 2.65. The number of rotatable bonds is 10. The highest BCUT2D eigenvalue weighted by atomic mass is 32.2. The lowest BCUT2D eigenvalue weighted by Crippen LogP contribution is -2.33. The molecule has 0 spiro atoms. The van der Waals surface area contributed by atoms with Crippen LogP contribution in [0, 0.1) is 11.8 Å². The van der Waals surface area contributed by atoms with Gasteiger partial charge in [-0.2, -0.15) is 0 Å². The summed E-state index contributed by atoms with van der Waals surface area (Å²) in [5, 5.41) is 0. The van der Waals surface area contributed by atoms with Gasteiger partial charge in [0.2, 0.25) is 15.9 Å². The standard InChI is InChI=1S/C24H31N3O4S/c1-3-24(18-5-4-6-19(14-18)26-32(2,29)30)21-15-27(16-22(21)24)11-12-31-20-9-7-17(8-10-20)13-23(25)28/h4-10,14,21-22,26H,3,11-13,15-16H2,1-2H3,(H2,25,28). The summed E-state index contributed by atoms with van der Waals surface area (Å²) in [6.45, 7) is 5.77. The lowest BCUT2D eigenvalue weighted by Gasteiger charge is -2.26. The van der Waals surface area contributed by atoms with Gasteiger partial charge in [-0.3, -0.25) is 14.4 Å². The molecule has 2 aromatic carbocycles. The van der Waals surface area contributed by atoms with Gasteiger partial charge in [0, 0.05) is 30.7 Å². The Morgan fingerprint density at radius 1 is 1.19 bits per heavy atom. The van der Waals surface area contributed by atoms with Crippen LogP contribution in [0.15, 0.2) is 48.5 Å². The van der Waals surface area contributed by atoms with Gasteiger partial charge in [-0.25, -0.2) is 8.42 Å². The number of fused-ring (bicyclic) bond motifs is 1. The minimum atomic E-state index is -3.29. The summed E-state index contributed by atoms with van der Waals surface area (Å²) >= 11 is 0. The van der Waals surface area contributed by atoms with Gasteiger partial charge in [0.1, 0.15) is 12.4 Å². The number of benzene rings is 2. The number of nitrogens with two attached hydrogens (primary N) is 1. The van der Waals surface area contributed by atoms with Crippen LogP contribution in [0.3, 0.4) is 0 Å². The smallest absolute Gasteiger partial charge is 0.229 e.